The van der Waals surface area contributed by atoms with E-state index in [0.717, 1.165) is 0 Å². The molecule has 120 valence electrons. The topological polar surface area (TPSA) is 61.7 Å². The zero-order chi connectivity index (χ0) is 15.9. The molecule has 0 amide bonds. The van der Waals surface area contributed by atoms with E-state index >= 15 is 0 Å². The summed E-state index contributed by atoms with van der Waals surface area (Å²) >= 11 is 11.8. The average Bonchev–Trinajstić information content (AvgIpc) is 2.39. The second-order valence-corrected chi connectivity index (χ2v) is 6.65. The van der Waals surface area contributed by atoms with Crippen LogP contribution in [0.2, 0.25) is 10.0 Å². The fourth-order valence-corrected chi connectivity index (χ4v) is 2.14. The maximum absolute atomic E-state index is 9.88. The summed E-state index contributed by atoms with van der Waals surface area (Å²) in [5.41, 5.74) is -0.00834. The Morgan fingerprint density at radius 1 is 1.33 bits per heavy atom. The minimum absolute atomic E-state index is 0.00834. The number of aliphatic hydroxyl groups excluding tert-OH is 2. The molecule has 1 aromatic carbocycles. The number of rotatable bonds is 9. The summed E-state index contributed by atoms with van der Waals surface area (Å²) in [6.07, 6.45) is 0.0648. The normalized spacial score (nSPS) is 13.2. The lowest BCUT2D eigenvalue weighted by Gasteiger charge is -2.24. The number of benzene rings is 1. The Labute approximate surface area is 136 Å². The molecule has 0 spiro atoms. The molecule has 0 aromatic heterocycles. The largest absolute Gasteiger partial charge is 0.489 e. The van der Waals surface area contributed by atoms with Gasteiger partial charge in [-0.25, -0.2) is 0 Å². The van der Waals surface area contributed by atoms with Crippen LogP contribution >= 0.6 is 23.2 Å². The molecule has 0 heterocycles. The Morgan fingerprint density at radius 2 is 2.05 bits per heavy atom. The van der Waals surface area contributed by atoms with Gasteiger partial charge in [0.1, 0.15) is 18.5 Å². The first-order chi connectivity index (χ1) is 9.84. The van der Waals surface area contributed by atoms with Crippen LogP contribution in [-0.2, 0) is 0 Å². The zero-order valence-electron chi connectivity index (χ0n) is 12.4. The van der Waals surface area contributed by atoms with Crippen molar-refractivity contribution < 1.29 is 14.9 Å². The van der Waals surface area contributed by atoms with E-state index in [1.807, 2.05) is 0 Å². The lowest BCUT2D eigenvalue weighted by atomic mass is 9.90. The average molecular weight is 336 g/mol. The van der Waals surface area contributed by atoms with Gasteiger partial charge in [0.2, 0.25) is 0 Å². The van der Waals surface area contributed by atoms with E-state index in [0.29, 0.717) is 35.3 Å². The van der Waals surface area contributed by atoms with E-state index in [-0.39, 0.29) is 18.6 Å². The third kappa shape index (κ3) is 7.34. The van der Waals surface area contributed by atoms with Crippen molar-refractivity contribution in [2.75, 3.05) is 26.3 Å². The summed E-state index contributed by atoms with van der Waals surface area (Å²) in [5.74, 6) is 0.462. The molecule has 1 atom stereocenters. The number of ether oxygens (including phenoxy) is 1. The van der Waals surface area contributed by atoms with Gasteiger partial charge in [0.15, 0.2) is 0 Å². The Bertz CT molecular complexity index is 441. The molecule has 4 nitrogen and oxygen atoms in total. The summed E-state index contributed by atoms with van der Waals surface area (Å²) in [6, 6.07) is 4.95. The summed E-state index contributed by atoms with van der Waals surface area (Å²) in [6.45, 7) is 5.53. The quantitative estimate of drug-likeness (QED) is 0.649. The molecule has 0 fully saturated rings. The fraction of sp³-hybridized carbons (Fsp3) is 0.600. The molecule has 0 bridgehead atoms. The minimum atomic E-state index is -0.648. The van der Waals surface area contributed by atoms with Gasteiger partial charge in [-0.2, -0.15) is 0 Å². The van der Waals surface area contributed by atoms with Gasteiger partial charge in [0, 0.05) is 30.8 Å². The van der Waals surface area contributed by atoms with Crippen molar-refractivity contribution in [3.05, 3.63) is 28.2 Å². The van der Waals surface area contributed by atoms with Crippen molar-refractivity contribution in [3.8, 4) is 5.75 Å². The first kappa shape index (κ1) is 18.5. The van der Waals surface area contributed by atoms with Gasteiger partial charge in [-0.15, -0.1) is 0 Å². The highest BCUT2D eigenvalue weighted by Gasteiger charge is 2.17. The number of hydrogen-bond donors (Lipinski definition) is 3. The van der Waals surface area contributed by atoms with Crippen molar-refractivity contribution >= 4 is 23.2 Å². The maximum atomic E-state index is 9.88. The predicted octanol–water partition coefficient (Wildman–Crippen LogP) is 2.73. The van der Waals surface area contributed by atoms with Crippen molar-refractivity contribution in [3.63, 3.8) is 0 Å². The van der Waals surface area contributed by atoms with Crippen molar-refractivity contribution in [1.29, 1.82) is 0 Å². The Kier molecular flexibility index (Phi) is 7.77. The van der Waals surface area contributed by atoms with Gasteiger partial charge in [-0.05, 0) is 24.0 Å². The van der Waals surface area contributed by atoms with E-state index in [9.17, 15) is 5.11 Å². The minimum Gasteiger partial charge on any atom is -0.489 e. The summed E-state index contributed by atoms with van der Waals surface area (Å²) in [5, 5.41) is 23.0. The molecule has 1 aromatic rings. The van der Waals surface area contributed by atoms with E-state index in [1.54, 1.807) is 18.2 Å². The van der Waals surface area contributed by atoms with Crippen LogP contribution in [0.1, 0.15) is 20.3 Å². The summed E-state index contributed by atoms with van der Waals surface area (Å²) in [4.78, 5) is 0. The molecular weight excluding hydrogens is 313 g/mol. The van der Waals surface area contributed by atoms with Crippen molar-refractivity contribution in [2.45, 2.75) is 26.4 Å². The number of hydrogen-bond acceptors (Lipinski definition) is 4. The molecular formula is C15H23Cl2NO3. The van der Waals surface area contributed by atoms with Crippen LogP contribution in [0.3, 0.4) is 0 Å². The molecule has 0 aliphatic heterocycles. The Hall–Kier alpha value is -0.520. The highest BCUT2D eigenvalue weighted by Crippen LogP contribution is 2.27. The Balaban J connectivity index is 2.31. The third-order valence-electron chi connectivity index (χ3n) is 3.10. The number of aliphatic hydroxyl groups is 2. The molecule has 0 saturated heterocycles. The highest BCUT2D eigenvalue weighted by atomic mass is 35.5. The molecule has 1 unspecified atom stereocenters. The first-order valence-corrected chi connectivity index (χ1v) is 7.67. The van der Waals surface area contributed by atoms with Gasteiger partial charge >= 0.3 is 0 Å². The van der Waals surface area contributed by atoms with Crippen LogP contribution in [0.4, 0.5) is 0 Å². The molecule has 6 heteroatoms. The van der Waals surface area contributed by atoms with E-state index in [2.05, 4.69) is 19.2 Å². The van der Waals surface area contributed by atoms with Crippen molar-refractivity contribution in [1.82, 2.24) is 5.32 Å². The first-order valence-electron chi connectivity index (χ1n) is 6.91. The lowest BCUT2D eigenvalue weighted by molar-refractivity contribution is 0.102. The second-order valence-electron chi connectivity index (χ2n) is 5.81. The summed E-state index contributed by atoms with van der Waals surface area (Å²) in [7, 11) is 0. The third-order valence-corrected chi connectivity index (χ3v) is 3.64. The van der Waals surface area contributed by atoms with Crippen LogP contribution in [-0.4, -0.2) is 42.6 Å². The molecule has 1 rings (SSSR count). The fourth-order valence-electron chi connectivity index (χ4n) is 1.80. The predicted molar refractivity (Wildman–Crippen MR) is 86.3 cm³/mol. The highest BCUT2D eigenvalue weighted by molar-refractivity contribution is 6.34. The molecule has 0 aliphatic rings. The SMILES string of the molecule is CC(C)(CCO)CNCC(O)COc1cc(Cl)ccc1Cl. The number of nitrogens with one attached hydrogen (secondary N) is 1. The monoisotopic (exact) mass is 335 g/mol. The van der Waals surface area contributed by atoms with E-state index < -0.39 is 6.10 Å². The van der Waals surface area contributed by atoms with E-state index in [4.69, 9.17) is 33.0 Å². The van der Waals surface area contributed by atoms with Crippen LogP contribution in [0.5, 0.6) is 5.75 Å². The molecule has 0 radical (unpaired) electrons. The molecule has 0 aliphatic carbocycles. The van der Waals surface area contributed by atoms with Gasteiger partial charge in [-0.3, -0.25) is 0 Å². The smallest absolute Gasteiger partial charge is 0.139 e. The van der Waals surface area contributed by atoms with Gasteiger partial charge in [0.05, 0.1) is 5.02 Å². The van der Waals surface area contributed by atoms with Gasteiger partial charge < -0.3 is 20.3 Å². The van der Waals surface area contributed by atoms with E-state index in [1.165, 1.54) is 0 Å². The standard InChI is InChI=1S/C15H23Cl2NO3/c1-15(2,5-6-19)10-18-8-12(20)9-21-14-7-11(16)3-4-13(14)17/h3-4,7,12,18-20H,5-6,8-10H2,1-2H3. The molecule has 3 N–H and O–H groups in total. The van der Waals surface area contributed by atoms with Crippen LogP contribution in [0.15, 0.2) is 18.2 Å². The Morgan fingerprint density at radius 3 is 2.71 bits per heavy atom. The number of halogens is 2. The molecule has 0 saturated carbocycles. The van der Waals surface area contributed by atoms with Crippen LogP contribution in [0, 0.1) is 5.41 Å². The molecule has 21 heavy (non-hydrogen) atoms. The van der Waals surface area contributed by atoms with Gasteiger partial charge in [-0.1, -0.05) is 37.0 Å². The second kappa shape index (κ2) is 8.81. The van der Waals surface area contributed by atoms with Crippen LogP contribution < -0.4 is 10.1 Å². The van der Waals surface area contributed by atoms with Crippen molar-refractivity contribution in [2.24, 2.45) is 5.41 Å². The lowest BCUT2D eigenvalue weighted by Crippen LogP contribution is -2.37. The van der Waals surface area contributed by atoms with Gasteiger partial charge in [0.25, 0.3) is 0 Å². The summed E-state index contributed by atoms with van der Waals surface area (Å²) < 4.78 is 5.46. The maximum Gasteiger partial charge on any atom is 0.139 e. The zero-order valence-corrected chi connectivity index (χ0v) is 13.9. The van der Waals surface area contributed by atoms with Crippen LogP contribution in [0.25, 0.3) is 0 Å².